The summed E-state index contributed by atoms with van der Waals surface area (Å²) in [4.78, 5) is 0. The smallest absolute Gasteiger partial charge is 0.124 e. The molecule has 88 valence electrons. The topological polar surface area (TPSA) is 35.2 Å². The Kier molecular flexibility index (Phi) is 3.20. The van der Waals surface area contributed by atoms with E-state index in [9.17, 15) is 0 Å². The molecule has 2 heteroatoms. The third-order valence-corrected chi connectivity index (χ3v) is 3.41. The first-order valence-corrected chi connectivity index (χ1v) is 6.13. The molecule has 0 aromatic heterocycles. The Morgan fingerprint density at radius 2 is 1.94 bits per heavy atom. The molecule has 1 aromatic rings. The Labute approximate surface area is 97.8 Å². The third kappa shape index (κ3) is 2.22. The summed E-state index contributed by atoms with van der Waals surface area (Å²) in [6.07, 6.45) is 2.53. The summed E-state index contributed by atoms with van der Waals surface area (Å²) in [6.45, 7) is 6.97. The van der Waals surface area contributed by atoms with Gasteiger partial charge in [0.15, 0.2) is 0 Å². The molecule has 1 aromatic carbocycles. The molecule has 2 nitrogen and oxygen atoms in total. The molecular formula is C14H21NO. The van der Waals surface area contributed by atoms with Crippen molar-refractivity contribution in [2.24, 2.45) is 11.7 Å². The lowest BCUT2D eigenvalue weighted by atomic mass is 9.97. The molecule has 1 aliphatic rings. The highest BCUT2D eigenvalue weighted by atomic mass is 16.5. The van der Waals surface area contributed by atoms with Crippen molar-refractivity contribution in [3.05, 3.63) is 28.8 Å². The summed E-state index contributed by atoms with van der Waals surface area (Å²) in [5.74, 6) is 1.64. The van der Waals surface area contributed by atoms with Crippen LogP contribution >= 0.6 is 0 Å². The fourth-order valence-corrected chi connectivity index (χ4v) is 2.06. The van der Waals surface area contributed by atoms with E-state index < -0.39 is 0 Å². The van der Waals surface area contributed by atoms with Crippen molar-refractivity contribution in [2.75, 3.05) is 6.61 Å². The van der Waals surface area contributed by atoms with Gasteiger partial charge in [0.05, 0.1) is 6.61 Å². The van der Waals surface area contributed by atoms with Gasteiger partial charge in [0.25, 0.3) is 0 Å². The largest absolute Gasteiger partial charge is 0.494 e. The van der Waals surface area contributed by atoms with Gasteiger partial charge in [0.1, 0.15) is 5.75 Å². The van der Waals surface area contributed by atoms with Crippen molar-refractivity contribution in [3.63, 3.8) is 0 Å². The second-order valence-electron chi connectivity index (χ2n) is 4.77. The lowest BCUT2D eigenvalue weighted by Gasteiger charge is -2.18. The van der Waals surface area contributed by atoms with E-state index in [2.05, 4.69) is 26.0 Å². The van der Waals surface area contributed by atoms with Crippen molar-refractivity contribution in [1.29, 1.82) is 0 Å². The SMILES string of the molecule is CCOc1cc(C)c(C)cc1C(N)C1CC1. The van der Waals surface area contributed by atoms with Crippen LogP contribution in [0.3, 0.4) is 0 Å². The summed E-state index contributed by atoms with van der Waals surface area (Å²) in [5, 5.41) is 0. The molecule has 0 spiro atoms. The van der Waals surface area contributed by atoms with Gasteiger partial charge in [-0.05, 0) is 56.7 Å². The molecule has 0 radical (unpaired) electrons. The first-order chi connectivity index (χ1) is 7.63. The van der Waals surface area contributed by atoms with Crippen LogP contribution in [-0.2, 0) is 0 Å². The molecule has 1 unspecified atom stereocenters. The van der Waals surface area contributed by atoms with Crippen LogP contribution in [0.1, 0.15) is 42.5 Å². The number of rotatable bonds is 4. The molecule has 0 saturated heterocycles. The molecule has 0 aliphatic heterocycles. The van der Waals surface area contributed by atoms with Gasteiger partial charge in [-0.2, -0.15) is 0 Å². The molecule has 0 amide bonds. The number of ether oxygens (including phenoxy) is 1. The van der Waals surface area contributed by atoms with E-state index in [1.165, 1.54) is 29.5 Å². The Balaban J connectivity index is 2.35. The second-order valence-corrected chi connectivity index (χ2v) is 4.77. The summed E-state index contributed by atoms with van der Waals surface area (Å²) in [7, 11) is 0. The summed E-state index contributed by atoms with van der Waals surface area (Å²) < 4.78 is 5.69. The van der Waals surface area contributed by atoms with Crippen LogP contribution in [0, 0.1) is 19.8 Å². The minimum atomic E-state index is 0.154. The maximum absolute atomic E-state index is 6.27. The van der Waals surface area contributed by atoms with Crippen molar-refractivity contribution in [1.82, 2.24) is 0 Å². The van der Waals surface area contributed by atoms with E-state index in [-0.39, 0.29) is 6.04 Å². The molecule has 2 N–H and O–H groups in total. The molecular weight excluding hydrogens is 198 g/mol. The predicted molar refractivity (Wildman–Crippen MR) is 66.7 cm³/mol. The van der Waals surface area contributed by atoms with Gasteiger partial charge in [-0.3, -0.25) is 0 Å². The highest BCUT2D eigenvalue weighted by Crippen LogP contribution is 2.42. The molecule has 1 atom stereocenters. The minimum Gasteiger partial charge on any atom is -0.494 e. The second kappa shape index (κ2) is 4.46. The van der Waals surface area contributed by atoms with Crippen molar-refractivity contribution < 1.29 is 4.74 Å². The summed E-state index contributed by atoms with van der Waals surface area (Å²) in [6, 6.07) is 4.47. The molecule has 1 aliphatic carbocycles. The van der Waals surface area contributed by atoms with Crippen LogP contribution in [0.5, 0.6) is 5.75 Å². The van der Waals surface area contributed by atoms with Crippen LogP contribution in [0.4, 0.5) is 0 Å². The van der Waals surface area contributed by atoms with Crippen molar-refractivity contribution in [3.8, 4) is 5.75 Å². The Morgan fingerprint density at radius 3 is 2.50 bits per heavy atom. The standard InChI is InChI=1S/C14H21NO/c1-4-16-13-8-10(3)9(2)7-12(13)14(15)11-5-6-11/h7-8,11,14H,4-6,15H2,1-3H3. The Morgan fingerprint density at radius 1 is 1.31 bits per heavy atom. The first-order valence-electron chi connectivity index (χ1n) is 6.13. The van der Waals surface area contributed by atoms with Gasteiger partial charge in [-0.25, -0.2) is 0 Å². The zero-order valence-electron chi connectivity index (χ0n) is 10.4. The molecule has 2 rings (SSSR count). The normalized spacial score (nSPS) is 17.2. The summed E-state index contributed by atoms with van der Waals surface area (Å²) >= 11 is 0. The van der Waals surface area contributed by atoms with Crippen LogP contribution in [0.25, 0.3) is 0 Å². The van der Waals surface area contributed by atoms with E-state index >= 15 is 0 Å². The monoisotopic (exact) mass is 219 g/mol. The van der Waals surface area contributed by atoms with E-state index in [4.69, 9.17) is 10.5 Å². The van der Waals surface area contributed by atoms with Gasteiger partial charge in [-0.1, -0.05) is 6.07 Å². The molecule has 1 saturated carbocycles. The third-order valence-electron chi connectivity index (χ3n) is 3.41. The maximum atomic E-state index is 6.27. The van der Waals surface area contributed by atoms with Crippen molar-refractivity contribution >= 4 is 0 Å². The predicted octanol–water partition coefficient (Wildman–Crippen LogP) is 3.11. The Hall–Kier alpha value is -1.02. The lowest BCUT2D eigenvalue weighted by molar-refractivity contribution is 0.332. The van der Waals surface area contributed by atoms with Gasteiger partial charge < -0.3 is 10.5 Å². The molecule has 1 fully saturated rings. The van der Waals surface area contributed by atoms with Crippen molar-refractivity contribution in [2.45, 2.75) is 39.7 Å². The first kappa shape index (κ1) is 11.5. The fourth-order valence-electron chi connectivity index (χ4n) is 2.06. The zero-order chi connectivity index (χ0) is 11.7. The maximum Gasteiger partial charge on any atom is 0.124 e. The average molecular weight is 219 g/mol. The quantitative estimate of drug-likeness (QED) is 0.844. The van der Waals surface area contributed by atoms with Gasteiger partial charge in [-0.15, -0.1) is 0 Å². The highest BCUT2D eigenvalue weighted by Gasteiger charge is 2.31. The van der Waals surface area contributed by atoms with Gasteiger partial charge in [0, 0.05) is 11.6 Å². The van der Waals surface area contributed by atoms with Crippen LogP contribution in [0.2, 0.25) is 0 Å². The van der Waals surface area contributed by atoms with Gasteiger partial charge in [0.2, 0.25) is 0 Å². The van der Waals surface area contributed by atoms with Gasteiger partial charge >= 0.3 is 0 Å². The molecule has 0 bridgehead atoms. The number of hydrogen-bond acceptors (Lipinski definition) is 2. The lowest BCUT2D eigenvalue weighted by Crippen LogP contribution is -2.14. The van der Waals surface area contributed by atoms with E-state index in [1.807, 2.05) is 6.92 Å². The minimum absolute atomic E-state index is 0.154. The van der Waals surface area contributed by atoms with E-state index in [0.717, 1.165) is 5.75 Å². The molecule has 0 heterocycles. The molecule has 16 heavy (non-hydrogen) atoms. The number of nitrogens with two attached hydrogens (primary N) is 1. The highest BCUT2D eigenvalue weighted by molar-refractivity contribution is 5.44. The zero-order valence-corrected chi connectivity index (χ0v) is 10.4. The van der Waals surface area contributed by atoms with Crippen LogP contribution < -0.4 is 10.5 Å². The van der Waals surface area contributed by atoms with Crippen LogP contribution in [-0.4, -0.2) is 6.61 Å². The number of aryl methyl sites for hydroxylation is 2. The van der Waals surface area contributed by atoms with E-state index in [0.29, 0.717) is 12.5 Å². The van der Waals surface area contributed by atoms with E-state index in [1.54, 1.807) is 0 Å². The number of benzene rings is 1. The average Bonchev–Trinajstić information content (AvgIpc) is 3.06. The summed E-state index contributed by atoms with van der Waals surface area (Å²) in [5.41, 5.74) is 10.0. The van der Waals surface area contributed by atoms with Crippen LogP contribution in [0.15, 0.2) is 12.1 Å². The Bertz CT molecular complexity index is 383. The fraction of sp³-hybridized carbons (Fsp3) is 0.571. The number of hydrogen-bond donors (Lipinski definition) is 1.